The molecule has 1 aromatic carbocycles. The second kappa shape index (κ2) is 6.26. The van der Waals surface area contributed by atoms with E-state index in [0.717, 1.165) is 30.6 Å². The van der Waals surface area contributed by atoms with E-state index in [9.17, 15) is 4.79 Å². The van der Waals surface area contributed by atoms with Crippen molar-refractivity contribution < 1.29 is 4.79 Å². The fraction of sp³-hybridized carbons (Fsp3) is 0.500. The topological polar surface area (TPSA) is 44.4 Å². The smallest absolute Gasteiger partial charge is 0.239 e. The number of nitrogens with one attached hydrogen (secondary N) is 2. The summed E-state index contributed by atoms with van der Waals surface area (Å²) in [7, 11) is 3.79. The number of hydrogen-bond acceptors (Lipinski definition) is 3. The molecule has 2 N–H and O–H groups in total. The van der Waals surface area contributed by atoms with Gasteiger partial charge in [-0.3, -0.25) is 4.79 Å². The van der Waals surface area contributed by atoms with Crippen LogP contribution < -0.4 is 15.5 Å². The van der Waals surface area contributed by atoms with Crippen LogP contribution in [0.4, 0.5) is 5.69 Å². The molecule has 1 amide bonds. The molecular formula is C14H20ClN3O. The molecule has 0 spiro atoms. The van der Waals surface area contributed by atoms with Gasteiger partial charge in [0.1, 0.15) is 0 Å². The fourth-order valence-corrected chi connectivity index (χ4v) is 2.45. The average molecular weight is 282 g/mol. The summed E-state index contributed by atoms with van der Waals surface area (Å²) < 4.78 is 0. The van der Waals surface area contributed by atoms with E-state index in [1.165, 1.54) is 0 Å². The lowest BCUT2D eigenvalue weighted by atomic mass is 10.1. The van der Waals surface area contributed by atoms with Gasteiger partial charge in [-0.25, -0.2) is 0 Å². The Morgan fingerprint density at radius 3 is 2.84 bits per heavy atom. The van der Waals surface area contributed by atoms with Crippen LogP contribution in [-0.2, 0) is 11.3 Å². The number of amides is 1. The SMILES string of the molecule is CNCc1cccc(Cl)c1N(C)CC(=O)NC1CC1. The van der Waals surface area contributed by atoms with Crippen LogP contribution in [0.3, 0.4) is 0 Å². The molecule has 0 heterocycles. The van der Waals surface area contributed by atoms with Gasteiger partial charge in [0.25, 0.3) is 0 Å². The van der Waals surface area contributed by atoms with E-state index in [2.05, 4.69) is 10.6 Å². The first-order chi connectivity index (χ1) is 9.11. The quantitative estimate of drug-likeness (QED) is 0.835. The van der Waals surface area contributed by atoms with E-state index in [-0.39, 0.29) is 5.91 Å². The molecule has 104 valence electrons. The number of carbonyl (C=O) groups excluding carboxylic acids is 1. The maximum atomic E-state index is 11.8. The van der Waals surface area contributed by atoms with Crippen molar-refractivity contribution in [2.24, 2.45) is 0 Å². The molecule has 19 heavy (non-hydrogen) atoms. The van der Waals surface area contributed by atoms with E-state index in [0.29, 0.717) is 17.6 Å². The summed E-state index contributed by atoms with van der Waals surface area (Å²) in [5.74, 6) is 0.0559. The third-order valence-corrected chi connectivity index (χ3v) is 3.45. The van der Waals surface area contributed by atoms with Crippen molar-refractivity contribution in [2.45, 2.75) is 25.4 Å². The highest BCUT2D eigenvalue weighted by molar-refractivity contribution is 6.33. The zero-order valence-electron chi connectivity index (χ0n) is 11.4. The maximum absolute atomic E-state index is 11.8. The number of nitrogens with zero attached hydrogens (tertiary/aromatic N) is 1. The van der Waals surface area contributed by atoms with Crippen molar-refractivity contribution in [3.63, 3.8) is 0 Å². The number of likely N-dealkylation sites (N-methyl/N-ethyl adjacent to an activating group) is 1. The van der Waals surface area contributed by atoms with E-state index < -0.39 is 0 Å². The molecule has 1 saturated carbocycles. The molecule has 1 aliphatic rings. The van der Waals surface area contributed by atoms with Crippen LogP contribution >= 0.6 is 11.6 Å². The number of benzene rings is 1. The number of para-hydroxylation sites is 1. The second-order valence-electron chi connectivity index (χ2n) is 4.98. The minimum absolute atomic E-state index is 0.0559. The average Bonchev–Trinajstić information content (AvgIpc) is 3.13. The third kappa shape index (κ3) is 3.85. The van der Waals surface area contributed by atoms with Crippen LogP contribution in [0.5, 0.6) is 0 Å². The van der Waals surface area contributed by atoms with E-state index in [1.807, 2.05) is 37.2 Å². The number of rotatable bonds is 6. The molecule has 0 aromatic heterocycles. The van der Waals surface area contributed by atoms with Crippen LogP contribution in [-0.4, -0.2) is 32.6 Å². The van der Waals surface area contributed by atoms with Gasteiger partial charge in [-0.2, -0.15) is 0 Å². The van der Waals surface area contributed by atoms with Crippen LogP contribution in [0.2, 0.25) is 5.02 Å². The summed E-state index contributed by atoms with van der Waals surface area (Å²) in [6, 6.07) is 6.19. The molecule has 0 radical (unpaired) electrons. The minimum atomic E-state index is 0.0559. The Bertz CT molecular complexity index is 460. The first-order valence-electron chi connectivity index (χ1n) is 6.54. The molecule has 1 aliphatic carbocycles. The Labute approximate surface area is 119 Å². The highest BCUT2D eigenvalue weighted by Gasteiger charge is 2.24. The highest BCUT2D eigenvalue weighted by Crippen LogP contribution is 2.29. The van der Waals surface area contributed by atoms with Gasteiger partial charge in [-0.05, 0) is 31.5 Å². The molecule has 1 aromatic rings. The van der Waals surface area contributed by atoms with Crippen LogP contribution in [0.1, 0.15) is 18.4 Å². The number of hydrogen-bond donors (Lipinski definition) is 2. The van der Waals surface area contributed by atoms with Crippen LogP contribution in [0, 0.1) is 0 Å². The van der Waals surface area contributed by atoms with Gasteiger partial charge in [-0.1, -0.05) is 23.7 Å². The molecule has 0 saturated heterocycles. The molecule has 5 heteroatoms. The molecule has 2 rings (SSSR count). The molecule has 0 unspecified atom stereocenters. The second-order valence-corrected chi connectivity index (χ2v) is 5.38. The van der Waals surface area contributed by atoms with Crippen molar-refractivity contribution in [2.75, 3.05) is 25.5 Å². The molecule has 0 aliphatic heterocycles. The first-order valence-corrected chi connectivity index (χ1v) is 6.92. The fourth-order valence-electron chi connectivity index (χ4n) is 2.12. The third-order valence-electron chi connectivity index (χ3n) is 3.14. The summed E-state index contributed by atoms with van der Waals surface area (Å²) >= 11 is 6.26. The summed E-state index contributed by atoms with van der Waals surface area (Å²) in [4.78, 5) is 13.8. The maximum Gasteiger partial charge on any atom is 0.239 e. The van der Waals surface area contributed by atoms with Crippen LogP contribution in [0.25, 0.3) is 0 Å². The van der Waals surface area contributed by atoms with Crippen molar-refractivity contribution in [1.29, 1.82) is 0 Å². The lowest BCUT2D eigenvalue weighted by Gasteiger charge is -2.23. The molecule has 1 fully saturated rings. The Morgan fingerprint density at radius 1 is 1.47 bits per heavy atom. The van der Waals surface area contributed by atoms with Gasteiger partial charge < -0.3 is 15.5 Å². The summed E-state index contributed by atoms with van der Waals surface area (Å²) in [6.45, 7) is 1.06. The largest absolute Gasteiger partial charge is 0.364 e. The van der Waals surface area contributed by atoms with Gasteiger partial charge in [-0.15, -0.1) is 0 Å². The lowest BCUT2D eigenvalue weighted by Crippen LogP contribution is -2.36. The van der Waals surface area contributed by atoms with Crippen molar-refractivity contribution in [3.8, 4) is 0 Å². The molecular weight excluding hydrogens is 262 g/mol. The van der Waals surface area contributed by atoms with Crippen molar-refractivity contribution >= 4 is 23.2 Å². The Balaban J connectivity index is 2.07. The number of carbonyl (C=O) groups is 1. The van der Waals surface area contributed by atoms with Gasteiger partial charge in [0.15, 0.2) is 0 Å². The van der Waals surface area contributed by atoms with Gasteiger partial charge >= 0.3 is 0 Å². The van der Waals surface area contributed by atoms with E-state index >= 15 is 0 Å². The summed E-state index contributed by atoms with van der Waals surface area (Å²) in [6.07, 6.45) is 2.21. The zero-order valence-corrected chi connectivity index (χ0v) is 12.1. The summed E-state index contributed by atoms with van der Waals surface area (Å²) in [5, 5.41) is 6.78. The van der Waals surface area contributed by atoms with Crippen molar-refractivity contribution in [3.05, 3.63) is 28.8 Å². The molecule has 4 nitrogen and oxygen atoms in total. The monoisotopic (exact) mass is 281 g/mol. The van der Waals surface area contributed by atoms with Gasteiger partial charge in [0.2, 0.25) is 5.91 Å². The van der Waals surface area contributed by atoms with Gasteiger partial charge in [0.05, 0.1) is 17.3 Å². The zero-order chi connectivity index (χ0) is 13.8. The lowest BCUT2D eigenvalue weighted by molar-refractivity contribution is -0.119. The van der Waals surface area contributed by atoms with Crippen molar-refractivity contribution in [1.82, 2.24) is 10.6 Å². The predicted molar refractivity (Wildman–Crippen MR) is 78.7 cm³/mol. The predicted octanol–water partition coefficient (Wildman–Crippen LogP) is 1.77. The minimum Gasteiger partial charge on any atom is -0.364 e. The van der Waals surface area contributed by atoms with Gasteiger partial charge in [0, 0.05) is 19.6 Å². The standard InChI is InChI=1S/C14H20ClN3O/c1-16-8-10-4-3-5-12(15)14(10)18(2)9-13(19)17-11-6-7-11/h3-5,11,16H,6-9H2,1-2H3,(H,17,19). The van der Waals surface area contributed by atoms with E-state index in [1.54, 1.807) is 0 Å². The molecule has 0 atom stereocenters. The number of anilines is 1. The Hall–Kier alpha value is -1.26. The normalized spacial score (nSPS) is 14.3. The summed E-state index contributed by atoms with van der Waals surface area (Å²) in [5.41, 5.74) is 2.01. The van der Waals surface area contributed by atoms with E-state index in [4.69, 9.17) is 11.6 Å². The first kappa shape index (κ1) is 14.2. The Kier molecular flexibility index (Phi) is 4.66. The Morgan fingerprint density at radius 2 is 2.21 bits per heavy atom. The highest BCUT2D eigenvalue weighted by atomic mass is 35.5. The molecule has 0 bridgehead atoms. The number of halogens is 1. The van der Waals surface area contributed by atoms with Crippen LogP contribution in [0.15, 0.2) is 18.2 Å².